The molecule has 0 bridgehead atoms. The van der Waals surface area contributed by atoms with Crippen molar-refractivity contribution in [2.45, 2.75) is 45.9 Å². The molecule has 2 N–H and O–H groups in total. The number of carbonyl (C=O) groups excluding carboxylic acids is 2. The van der Waals surface area contributed by atoms with Gasteiger partial charge >= 0.3 is 0 Å². The molecule has 0 radical (unpaired) electrons. The van der Waals surface area contributed by atoms with Crippen LogP contribution >= 0.6 is 0 Å². The van der Waals surface area contributed by atoms with E-state index in [1.807, 2.05) is 43.0 Å². The molecule has 1 aromatic heterocycles. The van der Waals surface area contributed by atoms with Crippen molar-refractivity contribution in [3.05, 3.63) is 82.2 Å². The minimum Gasteiger partial charge on any atom is -0.489 e. The van der Waals surface area contributed by atoms with Gasteiger partial charge in [0.15, 0.2) is 0 Å². The summed E-state index contributed by atoms with van der Waals surface area (Å²) in [6.07, 6.45) is 1.99. The smallest absolute Gasteiger partial charge is 0.254 e. The molecule has 3 aromatic rings. The van der Waals surface area contributed by atoms with Crippen LogP contribution in [-0.4, -0.2) is 27.9 Å². The zero-order chi connectivity index (χ0) is 22.0. The molecule has 1 saturated carbocycles. The second-order valence-electron chi connectivity index (χ2n) is 7.84. The molecule has 0 saturated heterocycles. The molecular formula is C24H25N3O4. The minimum absolute atomic E-state index is 0.0377. The van der Waals surface area contributed by atoms with Crippen LogP contribution in [0.1, 0.15) is 56.1 Å². The van der Waals surface area contributed by atoms with E-state index in [0.29, 0.717) is 30.0 Å². The van der Waals surface area contributed by atoms with Gasteiger partial charge in [-0.25, -0.2) is 0 Å². The minimum atomic E-state index is -0.463. The average molecular weight is 419 g/mol. The summed E-state index contributed by atoms with van der Waals surface area (Å²) in [6, 6.07) is 14.5. The number of aromatic nitrogens is 1. The van der Waals surface area contributed by atoms with Crippen molar-refractivity contribution in [1.82, 2.24) is 10.1 Å². The largest absolute Gasteiger partial charge is 0.489 e. The Balaban J connectivity index is 1.47. The molecule has 7 heteroatoms. The first-order valence-corrected chi connectivity index (χ1v) is 10.3. The van der Waals surface area contributed by atoms with Gasteiger partial charge in [-0.15, -0.1) is 0 Å². The number of aryl methyl sites for hydroxylation is 2. The van der Waals surface area contributed by atoms with Gasteiger partial charge < -0.3 is 19.9 Å². The maximum absolute atomic E-state index is 13.3. The zero-order valence-electron chi connectivity index (χ0n) is 17.6. The summed E-state index contributed by atoms with van der Waals surface area (Å²) in [5.74, 6) is 0.846. The number of rotatable bonds is 8. The van der Waals surface area contributed by atoms with Gasteiger partial charge in [0.1, 0.15) is 18.1 Å². The lowest BCUT2D eigenvalue weighted by molar-refractivity contribution is 0.0729. The van der Waals surface area contributed by atoms with Gasteiger partial charge in [-0.1, -0.05) is 23.4 Å². The lowest BCUT2D eigenvalue weighted by Crippen LogP contribution is -2.32. The molecule has 31 heavy (non-hydrogen) atoms. The molecule has 1 heterocycles. The molecule has 0 aliphatic heterocycles. The highest BCUT2D eigenvalue weighted by Gasteiger charge is 2.33. The van der Waals surface area contributed by atoms with Crippen molar-refractivity contribution in [1.29, 1.82) is 0 Å². The Morgan fingerprint density at radius 3 is 2.48 bits per heavy atom. The Hall–Kier alpha value is -3.61. The second-order valence-corrected chi connectivity index (χ2v) is 7.84. The maximum atomic E-state index is 13.3. The Bertz CT molecular complexity index is 1080. The predicted molar refractivity (Wildman–Crippen MR) is 115 cm³/mol. The third kappa shape index (κ3) is 4.77. The molecule has 0 atom stereocenters. The van der Waals surface area contributed by atoms with Gasteiger partial charge in [0, 0.05) is 23.7 Å². The van der Waals surface area contributed by atoms with Crippen molar-refractivity contribution in [2.75, 3.05) is 0 Å². The van der Waals surface area contributed by atoms with E-state index < -0.39 is 5.91 Å². The summed E-state index contributed by atoms with van der Waals surface area (Å²) in [5, 5.41) is 3.94. The van der Waals surface area contributed by atoms with Gasteiger partial charge in [-0.2, -0.15) is 0 Å². The summed E-state index contributed by atoms with van der Waals surface area (Å²) in [4.78, 5) is 26.4. The predicted octanol–water partition coefficient (Wildman–Crippen LogP) is 3.77. The highest BCUT2D eigenvalue weighted by Crippen LogP contribution is 2.30. The fraction of sp³-hybridized carbons (Fsp3) is 0.292. The molecule has 0 spiro atoms. The topological polar surface area (TPSA) is 98.7 Å². The van der Waals surface area contributed by atoms with Crippen LogP contribution in [0.5, 0.6) is 5.75 Å². The van der Waals surface area contributed by atoms with E-state index in [1.54, 1.807) is 24.3 Å². The summed E-state index contributed by atoms with van der Waals surface area (Å²) in [7, 11) is 0. The SMILES string of the molecule is Cc1noc(C)c1COc1cccc(C(=O)N(Cc2ccc(C(N)=O)cc2)C2CC2)c1. The fourth-order valence-corrected chi connectivity index (χ4v) is 3.47. The van der Waals surface area contributed by atoms with E-state index >= 15 is 0 Å². The van der Waals surface area contributed by atoms with Gasteiger partial charge in [-0.05, 0) is 62.6 Å². The van der Waals surface area contributed by atoms with Crippen LogP contribution in [-0.2, 0) is 13.2 Å². The molecule has 2 aromatic carbocycles. The highest BCUT2D eigenvalue weighted by molar-refractivity contribution is 5.95. The van der Waals surface area contributed by atoms with E-state index in [1.165, 1.54) is 0 Å². The van der Waals surface area contributed by atoms with Crippen molar-refractivity contribution < 1.29 is 18.8 Å². The standard InChI is InChI=1S/C24H25N3O4/c1-15-22(16(2)31-26-15)14-30-21-5-3-4-19(12-21)24(29)27(20-10-11-20)13-17-6-8-18(9-7-17)23(25)28/h3-9,12,20H,10-11,13-14H2,1-2H3,(H2,25,28). The van der Waals surface area contributed by atoms with E-state index in [2.05, 4.69) is 5.16 Å². The summed E-state index contributed by atoms with van der Waals surface area (Å²) in [5.41, 5.74) is 9.01. The number of carbonyl (C=O) groups is 2. The van der Waals surface area contributed by atoms with E-state index in [-0.39, 0.29) is 11.9 Å². The van der Waals surface area contributed by atoms with Gasteiger partial charge in [0.05, 0.1) is 11.3 Å². The van der Waals surface area contributed by atoms with Gasteiger partial charge in [0.25, 0.3) is 5.91 Å². The van der Waals surface area contributed by atoms with Crippen LogP contribution in [0.25, 0.3) is 0 Å². The first kappa shape index (κ1) is 20.7. The van der Waals surface area contributed by atoms with Crippen molar-refractivity contribution in [3.8, 4) is 5.75 Å². The molecular weight excluding hydrogens is 394 g/mol. The number of nitrogens with zero attached hydrogens (tertiary/aromatic N) is 2. The monoisotopic (exact) mass is 419 g/mol. The van der Waals surface area contributed by atoms with Gasteiger partial charge in [-0.3, -0.25) is 9.59 Å². The number of nitrogens with two attached hydrogens (primary N) is 1. The van der Waals surface area contributed by atoms with Crippen LogP contribution in [0.15, 0.2) is 53.1 Å². The summed E-state index contributed by atoms with van der Waals surface area (Å²) in [6.45, 7) is 4.53. The summed E-state index contributed by atoms with van der Waals surface area (Å²) >= 11 is 0. The number of hydrogen-bond acceptors (Lipinski definition) is 5. The molecule has 4 rings (SSSR count). The second kappa shape index (κ2) is 8.63. The first-order chi connectivity index (χ1) is 14.9. The van der Waals surface area contributed by atoms with Crippen molar-refractivity contribution in [2.24, 2.45) is 5.73 Å². The third-order valence-corrected chi connectivity index (χ3v) is 5.49. The number of amides is 2. The lowest BCUT2D eigenvalue weighted by atomic mass is 10.1. The Morgan fingerprint density at radius 1 is 1.13 bits per heavy atom. The maximum Gasteiger partial charge on any atom is 0.254 e. The molecule has 7 nitrogen and oxygen atoms in total. The quantitative estimate of drug-likeness (QED) is 0.599. The highest BCUT2D eigenvalue weighted by atomic mass is 16.5. The Kier molecular flexibility index (Phi) is 5.75. The molecule has 1 aliphatic rings. The molecule has 0 unspecified atom stereocenters. The lowest BCUT2D eigenvalue weighted by Gasteiger charge is -2.23. The zero-order valence-corrected chi connectivity index (χ0v) is 17.6. The fourth-order valence-electron chi connectivity index (χ4n) is 3.47. The van der Waals surface area contributed by atoms with Crippen LogP contribution in [0.3, 0.4) is 0 Å². The average Bonchev–Trinajstić information content (AvgIpc) is 3.56. The van der Waals surface area contributed by atoms with Crippen LogP contribution in [0.2, 0.25) is 0 Å². The third-order valence-electron chi connectivity index (χ3n) is 5.49. The number of ether oxygens (including phenoxy) is 1. The van der Waals surface area contributed by atoms with Crippen molar-refractivity contribution >= 4 is 11.8 Å². The summed E-state index contributed by atoms with van der Waals surface area (Å²) < 4.78 is 11.1. The molecule has 1 aliphatic carbocycles. The Morgan fingerprint density at radius 2 is 1.87 bits per heavy atom. The Labute approximate surface area is 180 Å². The molecule has 2 amide bonds. The first-order valence-electron chi connectivity index (χ1n) is 10.3. The van der Waals surface area contributed by atoms with Crippen LogP contribution in [0, 0.1) is 13.8 Å². The molecule has 160 valence electrons. The normalized spacial score (nSPS) is 13.1. The van der Waals surface area contributed by atoms with E-state index in [0.717, 1.165) is 35.4 Å². The number of benzene rings is 2. The van der Waals surface area contributed by atoms with E-state index in [9.17, 15) is 9.59 Å². The van der Waals surface area contributed by atoms with Crippen LogP contribution < -0.4 is 10.5 Å². The van der Waals surface area contributed by atoms with Crippen LogP contribution in [0.4, 0.5) is 0 Å². The van der Waals surface area contributed by atoms with E-state index in [4.69, 9.17) is 15.0 Å². The van der Waals surface area contributed by atoms with Gasteiger partial charge in [0.2, 0.25) is 5.91 Å². The molecule has 1 fully saturated rings. The number of hydrogen-bond donors (Lipinski definition) is 1. The number of primary amides is 1. The van der Waals surface area contributed by atoms with Crippen molar-refractivity contribution in [3.63, 3.8) is 0 Å².